The highest BCUT2D eigenvalue weighted by Gasteiger charge is 2.34. The van der Waals surface area contributed by atoms with E-state index in [-0.39, 0.29) is 5.41 Å². The highest BCUT2D eigenvalue weighted by atomic mass is 15.1. The molecule has 2 heteroatoms. The minimum atomic E-state index is 0.0883. The lowest BCUT2D eigenvalue weighted by Gasteiger charge is -2.35. The summed E-state index contributed by atoms with van der Waals surface area (Å²) in [5.41, 5.74) is 7.63. The molecule has 0 amide bonds. The van der Waals surface area contributed by atoms with Gasteiger partial charge in [0.15, 0.2) is 0 Å². The topological polar surface area (TPSA) is 29.3 Å². The Morgan fingerprint density at radius 3 is 2.05 bits per heavy atom. The Hall–Kier alpha value is -0.860. The summed E-state index contributed by atoms with van der Waals surface area (Å²) in [5.74, 6) is 1.93. The Morgan fingerprint density at radius 1 is 1.05 bits per heavy atom. The molecular formula is C18H28N2. The molecule has 2 aliphatic carbocycles. The van der Waals surface area contributed by atoms with Crippen LogP contribution in [0.3, 0.4) is 0 Å². The van der Waals surface area contributed by atoms with Crippen LogP contribution in [0, 0.1) is 11.8 Å². The summed E-state index contributed by atoms with van der Waals surface area (Å²) in [5, 5.41) is 0. The Labute approximate surface area is 123 Å². The summed E-state index contributed by atoms with van der Waals surface area (Å²) >= 11 is 0. The van der Waals surface area contributed by atoms with Crippen molar-refractivity contribution in [2.75, 3.05) is 26.2 Å². The molecule has 2 fully saturated rings. The second kappa shape index (κ2) is 5.87. The Kier molecular flexibility index (Phi) is 4.13. The van der Waals surface area contributed by atoms with Crippen LogP contribution in [-0.2, 0) is 5.41 Å². The SMILES string of the molecule is CC(CN)(CN(CC1CC1)CC1CC1)c1ccccc1. The molecule has 1 unspecified atom stereocenters. The first-order valence-electron chi connectivity index (χ1n) is 8.17. The lowest BCUT2D eigenvalue weighted by Crippen LogP contribution is -2.45. The molecule has 2 saturated carbocycles. The molecule has 20 heavy (non-hydrogen) atoms. The summed E-state index contributed by atoms with van der Waals surface area (Å²) < 4.78 is 0. The summed E-state index contributed by atoms with van der Waals surface area (Å²) in [6, 6.07) is 10.8. The van der Waals surface area contributed by atoms with Gasteiger partial charge in [-0.05, 0) is 43.1 Å². The fourth-order valence-electron chi connectivity index (χ4n) is 3.14. The molecule has 0 aromatic heterocycles. The van der Waals surface area contributed by atoms with Crippen molar-refractivity contribution in [3.63, 3.8) is 0 Å². The van der Waals surface area contributed by atoms with Crippen molar-refractivity contribution in [3.8, 4) is 0 Å². The minimum absolute atomic E-state index is 0.0883. The largest absolute Gasteiger partial charge is 0.330 e. The van der Waals surface area contributed by atoms with E-state index in [2.05, 4.69) is 42.2 Å². The second-order valence-electron chi connectivity index (χ2n) is 7.21. The molecular weight excluding hydrogens is 244 g/mol. The van der Waals surface area contributed by atoms with Gasteiger partial charge in [-0.2, -0.15) is 0 Å². The first-order valence-corrected chi connectivity index (χ1v) is 8.17. The van der Waals surface area contributed by atoms with E-state index in [0.717, 1.165) is 24.9 Å². The van der Waals surface area contributed by atoms with E-state index in [1.165, 1.54) is 44.3 Å². The molecule has 0 bridgehead atoms. The van der Waals surface area contributed by atoms with E-state index in [4.69, 9.17) is 5.73 Å². The maximum atomic E-state index is 6.15. The van der Waals surface area contributed by atoms with Crippen LogP contribution in [0.5, 0.6) is 0 Å². The number of hydrogen-bond acceptors (Lipinski definition) is 2. The fraction of sp³-hybridized carbons (Fsp3) is 0.667. The van der Waals surface area contributed by atoms with Gasteiger partial charge in [0.1, 0.15) is 0 Å². The van der Waals surface area contributed by atoms with Gasteiger partial charge in [-0.15, -0.1) is 0 Å². The Bertz CT molecular complexity index is 408. The summed E-state index contributed by atoms with van der Waals surface area (Å²) in [7, 11) is 0. The van der Waals surface area contributed by atoms with Gasteiger partial charge < -0.3 is 10.6 Å². The van der Waals surface area contributed by atoms with Crippen molar-refractivity contribution in [2.45, 2.75) is 38.0 Å². The van der Waals surface area contributed by atoms with E-state index in [0.29, 0.717) is 0 Å². The summed E-state index contributed by atoms with van der Waals surface area (Å²) in [6.45, 7) is 6.75. The smallest absolute Gasteiger partial charge is 0.0174 e. The van der Waals surface area contributed by atoms with Crippen LogP contribution in [0.4, 0.5) is 0 Å². The van der Waals surface area contributed by atoms with Gasteiger partial charge in [0.2, 0.25) is 0 Å². The number of benzene rings is 1. The number of rotatable bonds is 8. The van der Waals surface area contributed by atoms with Crippen LogP contribution in [-0.4, -0.2) is 31.1 Å². The third-order valence-electron chi connectivity index (χ3n) is 4.92. The van der Waals surface area contributed by atoms with Crippen molar-refractivity contribution in [2.24, 2.45) is 17.6 Å². The average Bonchev–Trinajstić information content (AvgIpc) is 3.36. The maximum Gasteiger partial charge on any atom is 0.0174 e. The van der Waals surface area contributed by atoms with E-state index in [9.17, 15) is 0 Å². The molecule has 2 aliphatic rings. The van der Waals surface area contributed by atoms with E-state index in [1.54, 1.807) is 0 Å². The number of nitrogens with two attached hydrogens (primary N) is 1. The van der Waals surface area contributed by atoms with Crippen LogP contribution in [0.15, 0.2) is 30.3 Å². The van der Waals surface area contributed by atoms with Crippen molar-refractivity contribution in [1.82, 2.24) is 4.90 Å². The summed E-state index contributed by atoms with van der Waals surface area (Å²) in [6.07, 6.45) is 5.75. The molecule has 1 atom stereocenters. The third-order valence-corrected chi connectivity index (χ3v) is 4.92. The first-order chi connectivity index (χ1) is 9.69. The van der Waals surface area contributed by atoms with Crippen molar-refractivity contribution < 1.29 is 0 Å². The first kappa shape index (κ1) is 14.1. The average molecular weight is 272 g/mol. The zero-order valence-electron chi connectivity index (χ0n) is 12.7. The Morgan fingerprint density at radius 2 is 1.60 bits per heavy atom. The number of nitrogens with zero attached hydrogens (tertiary/aromatic N) is 1. The summed E-state index contributed by atoms with van der Waals surface area (Å²) in [4.78, 5) is 2.70. The van der Waals surface area contributed by atoms with Gasteiger partial charge in [-0.1, -0.05) is 37.3 Å². The van der Waals surface area contributed by atoms with Gasteiger partial charge in [-0.25, -0.2) is 0 Å². The molecule has 0 aliphatic heterocycles. The van der Waals surface area contributed by atoms with Crippen LogP contribution in [0.1, 0.15) is 38.2 Å². The molecule has 2 nitrogen and oxygen atoms in total. The monoisotopic (exact) mass is 272 g/mol. The molecule has 0 spiro atoms. The highest BCUT2D eigenvalue weighted by Crippen LogP contribution is 2.35. The van der Waals surface area contributed by atoms with Crippen molar-refractivity contribution >= 4 is 0 Å². The molecule has 1 aromatic carbocycles. The van der Waals surface area contributed by atoms with Gasteiger partial charge in [-0.3, -0.25) is 0 Å². The van der Waals surface area contributed by atoms with Crippen LogP contribution in [0.2, 0.25) is 0 Å². The predicted molar refractivity (Wildman–Crippen MR) is 84.7 cm³/mol. The Balaban J connectivity index is 1.69. The number of hydrogen-bond donors (Lipinski definition) is 1. The second-order valence-corrected chi connectivity index (χ2v) is 7.21. The maximum absolute atomic E-state index is 6.15. The normalized spacial score (nSPS) is 21.9. The molecule has 1 aromatic rings. The highest BCUT2D eigenvalue weighted by molar-refractivity contribution is 5.25. The standard InChI is InChI=1S/C18H28N2/c1-18(13-19,17-5-3-2-4-6-17)14-20(11-15-7-8-15)12-16-9-10-16/h2-6,15-16H,7-14,19H2,1H3. The van der Waals surface area contributed by atoms with Crippen molar-refractivity contribution in [3.05, 3.63) is 35.9 Å². The fourth-order valence-corrected chi connectivity index (χ4v) is 3.14. The molecule has 3 rings (SSSR count). The molecule has 110 valence electrons. The lowest BCUT2D eigenvalue weighted by molar-refractivity contribution is 0.202. The third kappa shape index (κ3) is 3.62. The lowest BCUT2D eigenvalue weighted by atomic mass is 9.82. The molecule has 0 radical (unpaired) electrons. The van der Waals surface area contributed by atoms with Crippen LogP contribution in [0.25, 0.3) is 0 Å². The van der Waals surface area contributed by atoms with Gasteiger partial charge in [0, 0.05) is 31.6 Å². The zero-order chi connectivity index (χ0) is 14.0. The van der Waals surface area contributed by atoms with Crippen LogP contribution < -0.4 is 5.73 Å². The molecule has 0 heterocycles. The molecule has 0 saturated heterocycles. The predicted octanol–water partition coefficient (Wildman–Crippen LogP) is 3.03. The zero-order valence-corrected chi connectivity index (χ0v) is 12.7. The molecule has 2 N–H and O–H groups in total. The van der Waals surface area contributed by atoms with Gasteiger partial charge >= 0.3 is 0 Å². The van der Waals surface area contributed by atoms with Gasteiger partial charge in [0.25, 0.3) is 0 Å². The van der Waals surface area contributed by atoms with E-state index < -0.39 is 0 Å². The van der Waals surface area contributed by atoms with Gasteiger partial charge in [0.05, 0.1) is 0 Å². The van der Waals surface area contributed by atoms with Crippen molar-refractivity contribution in [1.29, 1.82) is 0 Å². The minimum Gasteiger partial charge on any atom is -0.330 e. The van der Waals surface area contributed by atoms with Crippen LogP contribution >= 0.6 is 0 Å². The van der Waals surface area contributed by atoms with E-state index in [1.807, 2.05) is 0 Å². The van der Waals surface area contributed by atoms with E-state index >= 15 is 0 Å². The quantitative estimate of drug-likeness (QED) is 0.788.